The predicted octanol–water partition coefficient (Wildman–Crippen LogP) is 2.36. The second kappa shape index (κ2) is 5.47. The van der Waals surface area contributed by atoms with E-state index < -0.39 is 0 Å². The van der Waals surface area contributed by atoms with Crippen molar-refractivity contribution in [2.75, 3.05) is 25.0 Å². The summed E-state index contributed by atoms with van der Waals surface area (Å²) in [6.07, 6.45) is 0. The Morgan fingerprint density at radius 2 is 1.89 bits per heavy atom. The Morgan fingerprint density at radius 3 is 2.44 bits per heavy atom. The van der Waals surface area contributed by atoms with E-state index in [9.17, 15) is 5.11 Å². The summed E-state index contributed by atoms with van der Waals surface area (Å²) >= 11 is 6.15. The van der Waals surface area contributed by atoms with Crippen LogP contribution in [0.4, 0.5) is 5.69 Å². The van der Waals surface area contributed by atoms with Crippen LogP contribution in [0.3, 0.4) is 0 Å². The lowest BCUT2D eigenvalue weighted by Crippen LogP contribution is -2.55. The van der Waals surface area contributed by atoms with E-state index in [0.29, 0.717) is 17.1 Å². The second-order valence-electron chi connectivity index (χ2n) is 5.16. The van der Waals surface area contributed by atoms with Crippen molar-refractivity contribution in [3.05, 3.63) is 28.8 Å². The Balaban J connectivity index is 2.29. The zero-order valence-electron chi connectivity index (χ0n) is 11.2. The first-order chi connectivity index (χ1) is 8.54. The van der Waals surface area contributed by atoms with Crippen LogP contribution in [-0.4, -0.2) is 42.2 Å². The summed E-state index contributed by atoms with van der Waals surface area (Å²) in [6.45, 7) is 6.38. The van der Waals surface area contributed by atoms with Crippen LogP contribution < -0.4 is 4.90 Å². The van der Waals surface area contributed by atoms with Crippen molar-refractivity contribution in [1.82, 2.24) is 4.90 Å². The fourth-order valence-electron chi connectivity index (χ4n) is 2.60. The number of hydrogen-bond acceptors (Lipinski definition) is 3. The van der Waals surface area contributed by atoms with Gasteiger partial charge in [0.2, 0.25) is 0 Å². The van der Waals surface area contributed by atoms with Crippen LogP contribution in [0.1, 0.15) is 19.4 Å². The summed E-state index contributed by atoms with van der Waals surface area (Å²) in [5.41, 5.74) is 1.90. The maximum atomic E-state index is 9.49. The van der Waals surface area contributed by atoms with Gasteiger partial charge in [-0.05, 0) is 33.0 Å². The Bertz CT molecular complexity index is 412. The Kier molecular flexibility index (Phi) is 4.15. The number of halogens is 1. The fraction of sp³-hybridized carbons (Fsp3) is 0.571. The molecule has 0 amide bonds. The SMILES string of the molecule is CC1CN(c2cccc(Cl)c2CO)CC(C)N1C. The van der Waals surface area contributed by atoms with Gasteiger partial charge in [-0.3, -0.25) is 4.90 Å². The number of hydrogen-bond donors (Lipinski definition) is 1. The van der Waals surface area contributed by atoms with Crippen molar-refractivity contribution in [3.63, 3.8) is 0 Å². The Labute approximate surface area is 114 Å². The van der Waals surface area contributed by atoms with E-state index in [4.69, 9.17) is 11.6 Å². The van der Waals surface area contributed by atoms with Crippen molar-refractivity contribution in [3.8, 4) is 0 Å². The molecule has 1 saturated heterocycles. The van der Waals surface area contributed by atoms with Crippen molar-refractivity contribution in [2.24, 2.45) is 0 Å². The van der Waals surface area contributed by atoms with E-state index in [1.165, 1.54) is 0 Å². The van der Waals surface area contributed by atoms with E-state index in [2.05, 4.69) is 30.7 Å². The van der Waals surface area contributed by atoms with Gasteiger partial charge in [0.25, 0.3) is 0 Å². The Hall–Kier alpha value is -0.770. The third kappa shape index (κ3) is 2.48. The standard InChI is InChI=1S/C14H21ClN2O/c1-10-7-17(8-11(2)16(10)3)14-6-4-5-13(15)12(14)9-18/h4-6,10-11,18H,7-9H2,1-3H3. The van der Waals surface area contributed by atoms with E-state index in [1.807, 2.05) is 18.2 Å². The minimum absolute atomic E-state index is 0.00981. The molecule has 0 aromatic heterocycles. The molecule has 0 saturated carbocycles. The maximum absolute atomic E-state index is 9.49. The summed E-state index contributed by atoms with van der Waals surface area (Å²) in [6, 6.07) is 6.82. The first-order valence-electron chi connectivity index (χ1n) is 6.39. The van der Waals surface area contributed by atoms with Gasteiger partial charge in [-0.15, -0.1) is 0 Å². The second-order valence-corrected chi connectivity index (χ2v) is 5.57. The first-order valence-corrected chi connectivity index (χ1v) is 6.77. The number of aliphatic hydroxyl groups is 1. The van der Waals surface area contributed by atoms with Crippen molar-refractivity contribution in [1.29, 1.82) is 0 Å². The highest BCUT2D eigenvalue weighted by Crippen LogP contribution is 2.30. The van der Waals surface area contributed by atoms with Gasteiger partial charge in [-0.1, -0.05) is 17.7 Å². The van der Waals surface area contributed by atoms with Gasteiger partial charge in [0.15, 0.2) is 0 Å². The van der Waals surface area contributed by atoms with Gasteiger partial charge in [0.05, 0.1) is 6.61 Å². The number of likely N-dealkylation sites (N-methyl/N-ethyl adjacent to an activating group) is 1. The average molecular weight is 269 g/mol. The van der Waals surface area contributed by atoms with Crippen LogP contribution in [0.5, 0.6) is 0 Å². The van der Waals surface area contributed by atoms with Gasteiger partial charge in [-0.25, -0.2) is 0 Å². The molecule has 0 radical (unpaired) electrons. The molecule has 18 heavy (non-hydrogen) atoms. The lowest BCUT2D eigenvalue weighted by molar-refractivity contribution is 0.169. The molecule has 1 N–H and O–H groups in total. The zero-order valence-corrected chi connectivity index (χ0v) is 12.0. The highest BCUT2D eigenvalue weighted by molar-refractivity contribution is 6.31. The highest BCUT2D eigenvalue weighted by atomic mass is 35.5. The Morgan fingerprint density at radius 1 is 1.28 bits per heavy atom. The first kappa shape index (κ1) is 13.7. The number of piperazine rings is 1. The topological polar surface area (TPSA) is 26.7 Å². The molecule has 2 atom stereocenters. The summed E-state index contributed by atoms with van der Waals surface area (Å²) < 4.78 is 0. The van der Waals surface area contributed by atoms with Crippen LogP contribution in [0.2, 0.25) is 5.02 Å². The summed E-state index contributed by atoms with van der Waals surface area (Å²) in [4.78, 5) is 4.71. The molecule has 2 unspecified atom stereocenters. The van der Waals surface area contributed by atoms with Gasteiger partial charge < -0.3 is 10.0 Å². The lowest BCUT2D eigenvalue weighted by atomic mass is 10.1. The van der Waals surface area contributed by atoms with Crippen molar-refractivity contribution in [2.45, 2.75) is 32.5 Å². The van der Waals surface area contributed by atoms with Gasteiger partial charge in [0, 0.05) is 41.4 Å². The van der Waals surface area contributed by atoms with Crippen LogP contribution in [-0.2, 0) is 6.61 Å². The zero-order chi connectivity index (χ0) is 13.3. The smallest absolute Gasteiger partial charge is 0.0716 e. The van der Waals surface area contributed by atoms with E-state index in [0.717, 1.165) is 24.3 Å². The van der Waals surface area contributed by atoms with Gasteiger partial charge in [0.1, 0.15) is 0 Å². The molecule has 2 rings (SSSR count). The molecule has 1 heterocycles. The summed E-state index contributed by atoms with van der Waals surface area (Å²) in [7, 11) is 2.16. The quantitative estimate of drug-likeness (QED) is 0.892. The molecule has 0 spiro atoms. The van der Waals surface area contributed by atoms with Crippen LogP contribution in [0, 0.1) is 0 Å². The van der Waals surface area contributed by atoms with Gasteiger partial charge in [-0.2, -0.15) is 0 Å². The number of benzene rings is 1. The van der Waals surface area contributed by atoms with Gasteiger partial charge >= 0.3 is 0 Å². The number of nitrogens with zero attached hydrogens (tertiary/aromatic N) is 2. The van der Waals surface area contributed by atoms with E-state index in [1.54, 1.807) is 0 Å². The minimum atomic E-state index is -0.00981. The summed E-state index contributed by atoms with van der Waals surface area (Å²) in [5.74, 6) is 0. The number of rotatable bonds is 2. The lowest BCUT2D eigenvalue weighted by Gasteiger charge is -2.44. The fourth-order valence-corrected chi connectivity index (χ4v) is 2.83. The van der Waals surface area contributed by atoms with E-state index in [-0.39, 0.29) is 6.61 Å². The average Bonchev–Trinajstić information content (AvgIpc) is 2.35. The van der Waals surface area contributed by atoms with Crippen molar-refractivity contribution < 1.29 is 5.11 Å². The highest BCUT2D eigenvalue weighted by Gasteiger charge is 2.27. The molecule has 1 aliphatic heterocycles. The molecular weight excluding hydrogens is 248 g/mol. The molecule has 1 aromatic rings. The molecule has 1 aliphatic rings. The molecule has 4 heteroatoms. The van der Waals surface area contributed by atoms with E-state index >= 15 is 0 Å². The molecule has 1 aromatic carbocycles. The minimum Gasteiger partial charge on any atom is -0.392 e. The monoisotopic (exact) mass is 268 g/mol. The molecule has 0 aliphatic carbocycles. The molecule has 1 fully saturated rings. The molecular formula is C14H21ClN2O. The number of aliphatic hydroxyl groups excluding tert-OH is 1. The van der Waals surface area contributed by atoms with Crippen LogP contribution in [0.15, 0.2) is 18.2 Å². The summed E-state index contributed by atoms with van der Waals surface area (Å²) in [5, 5.41) is 10.1. The van der Waals surface area contributed by atoms with Crippen LogP contribution in [0.25, 0.3) is 0 Å². The molecule has 3 nitrogen and oxygen atoms in total. The number of anilines is 1. The predicted molar refractivity (Wildman–Crippen MR) is 76.3 cm³/mol. The molecule has 0 bridgehead atoms. The third-order valence-corrected chi connectivity index (χ3v) is 4.31. The normalized spacial score (nSPS) is 25.5. The maximum Gasteiger partial charge on any atom is 0.0716 e. The van der Waals surface area contributed by atoms with Crippen molar-refractivity contribution >= 4 is 17.3 Å². The van der Waals surface area contributed by atoms with Crippen LogP contribution >= 0.6 is 11.6 Å². The molecule has 100 valence electrons. The largest absolute Gasteiger partial charge is 0.392 e. The third-order valence-electron chi connectivity index (χ3n) is 3.95.